The maximum absolute atomic E-state index is 14.1. The maximum atomic E-state index is 14.1. The molecule has 0 radical (unpaired) electrons. The number of benzene rings is 4. The Morgan fingerprint density at radius 3 is 1.96 bits per heavy atom. The van der Waals surface area contributed by atoms with Gasteiger partial charge in [0.15, 0.2) is 0 Å². The number of aliphatic carboxylic acids is 1. The Morgan fingerprint density at radius 1 is 0.809 bits per heavy atom. The van der Waals surface area contributed by atoms with Crippen molar-refractivity contribution >= 4 is 51.2 Å². The smallest absolute Gasteiger partial charge is 0.416 e. The fourth-order valence-corrected chi connectivity index (χ4v) is 7.07. The summed E-state index contributed by atoms with van der Waals surface area (Å²) in [7, 11) is -4.26. The van der Waals surface area contributed by atoms with Crippen LogP contribution < -0.4 is 4.31 Å². The molecular formula is C35H32Cl2F3NO5S. The SMILES string of the molecule is CC(C)(C)c1ccc(CN(c2ccc(C(CC=O)(Cc3cccc(C(F)(F)F)c3)C(=O)O)cc2)S(=O)(=O)c2ccc(Cl)c(Cl)c2)cc1. The number of rotatable bonds is 11. The van der Waals surface area contributed by atoms with Crippen molar-refractivity contribution in [3.63, 3.8) is 0 Å². The molecule has 0 aliphatic carbocycles. The first-order chi connectivity index (χ1) is 21.9. The molecule has 6 nitrogen and oxygen atoms in total. The molecule has 47 heavy (non-hydrogen) atoms. The third-order valence-corrected chi connectivity index (χ3v) is 10.4. The summed E-state index contributed by atoms with van der Waals surface area (Å²) in [5.41, 5.74) is -0.955. The Hall–Kier alpha value is -3.86. The molecule has 0 aliphatic rings. The van der Waals surface area contributed by atoms with E-state index >= 15 is 0 Å². The highest BCUT2D eigenvalue weighted by Crippen LogP contribution is 2.37. The number of sulfonamides is 1. The van der Waals surface area contributed by atoms with Gasteiger partial charge < -0.3 is 9.90 Å². The predicted octanol–water partition coefficient (Wildman–Crippen LogP) is 8.86. The number of alkyl halides is 3. The summed E-state index contributed by atoms with van der Waals surface area (Å²) < 4.78 is 69.5. The second-order valence-electron chi connectivity index (χ2n) is 12.2. The number of carboxylic acids is 1. The molecule has 4 aromatic carbocycles. The van der Waals surface area contributed by atoms with Crippen LogP contribution in [0.4, 0.5) is 18.9 Å². The second-order valence-corrected chi connectivity index (χ2v) is 14.9. The minimum Gasteiger partial charge on any atom is -0.481 e. The van der Waals surface area contributed by atoms with Crippen LogP contribution in [0.1, 0.15) is 55.0 Å². The number of halogens is 5. The zero-order valence-corrected chi connectivity index (χ0v) is 28.0. The van der Waals surface area contributed by atoms with E-state index in [9.17, 15) is 36.3 Å². The van der Waals surface area contributed by atoms with Crippen molar-refractivity contribution in [3.8, 4) is 0 Å². The fourth-order valence-electron chi connectivity index (χ4n) is 5.23. The number of carboxylic acid groups (broad SMARTS) is 1. The molecule has 0 heterocycles. The lowest BCUT2D eigenvalue weighted by Gasteiger charge is -2.30. The Balaban J connectivity index is 1.80. The summed E-state index contributed by atoms with van der Waals surface area (Å²) in [6.07, 6.45) is -5.21. The van der Waals surface area contributed by atoms with Gasteiger partial charge >= 0.3 is 12.1 Å². The Morgan fingerprint density at radius 2 is 1.43 bits per heavy atom. The fraction of sp³-hybridized carbons (Fsp3) is 0.257. The van der Waals surface area contributed by atoms with Gasteiger partial charge in [0.25, 0.3) is 10.0 Å². The highest BCUT2D eigenvalue weighted by atomic mass is 35.5. The molecule has 0 saturated heterocycles. The first kappa shape index (κ1) is 36.0. The van der Waals surface area contributed by atoms with Gasteiger partial charge in [0.2, 0.25) is 0 Å². The normalized spacial score (nSPS) is 13.5. The maximum Gasteiger partial charge on any atom is 0.416 e. The molecule has 12 heteroatoms. The van der Waals surface area contributed by atoms with Gasteiger partial charge in [0.1, 0.15) is 11.7 Å². The quantitative estimate of drug-likeness (QED) is 0.157. The van der Waals surface area contributed by atoms with E-state index in [2.05, 4.69) is 20.8 Å². The topological polar surface area (TPSA) is 91.8 Å². The molecule has 1 atom stereocenters. The standard InChI is InChI=1S/C35H32Cl2F3NO5S/c1-33(2,3)25-9-7-23(8-10-25)22-41(47(45,46)29-15-16-30(36)31(37)20-29)28-13-11-26(12-14-28)34(17-18-42,32(43)44)21-24-5-4-6-27(19-24)35(38,39)40/h4-16,18-20H,17,21-22H2,1-3H3,(H,43,44). The molecule has 0 aliphatic heterocycles. The van der Waals surface area contributed by atoms with Gasteiger partial charge in [-0.05, 0) is 70.5 Å². The highest BCUT2D eigenvalue weighted by Gasteiger charge is 2.41. The van der Waals surface area contributed by atoms with Gasteiger partial charge in [-0.1, -0.05) is 98.6 Å². The molecule has 0 aromatic heterocycles. The van der Waals surface area contributed by atoms with Crippen LogP contribution in [-0.2, 0) is 49.6 Å². The lowest BCUT2D eigenvalue weighted by atomic mass is 9.73. The lowest BCUT2D eigenvalue weighted by molar-refractivity contribution is -0.145. The van der Waals surface area contributed by atoms with E-state index in [1.807, 2.05) is 24.3 Å². The van der Waals surface area contributed by atoms with Crippen LogP contribution in [0.2, 0.25) is 10.0 Å². The lowest BCUT2D eigenvalue weighted by Crippen LogP contribution is -2.39. The number of anilines is 1. The zero-order chi connectivity index (χ0) is 34.8. The van der Waals surface area contributed by atoms with Crippen LogP contribution in [0.3, 0.4) is 0 Å². The van der Waals surface area contributed by atoms with Gasteiger partial charge in [-0.2, -0.15) is 13.2 Å². The van der Waals surface area contributed by atoms with Crippen molar-refractivity contribution < 1.29 is 36.3 Å². The molecule has 1 unspecified atom stereocenters. The van der Waals surface area contributed by atoms with Crippen molar-refractivity contribution in [3.05, 3.63) is 129 Å². The molecule has 0 spiro atoms. The highest BCUT2D eigenvalue weighted by molar-refractivity contribution is 7.92. The van der Waals surface area contributed by atoms with E-state index in [1.165, 1.54) is 54.6 Å². The Kier molecular flexibility index (Phi) is 10.5. The number of hydrogen-bond acceptors (Lipinski definition) is 4. The van der Waals surface area contributed by atoms with Crippen LogP contribution in [-0.4, -0.2) is 25.8 Å². The molecule has 248 valence electrons. The summed E-state index contributed by atoms with van der Waals surface area (Å²) in [4.78, 5) is 24.4. The molecule has 1 N–H and O–H groups in total. The number of hydrogen-bond donors (Lipinski definition) is 1. The number of nitrogens with zero attached hydrogens (tertiary/aromatic N) is 1. The number of aldehydes is 1. The summed E-state index contributed by atoms with van der Waals surface area (Å²) in [5.74, 6) is -1.42. The van der Waals surface area contributed by atoms with Gasteiger partial charge in [0.05, 0.1) is 32.7 Å². The van der Waals surface area contributed by atoms with E-state index < -0.39 is 46.0 Å². The van der Waals surface area contributed by atoms with Crippen molar-refractivity contribution in [2.24, 2.45) is 0 Å². The molecule has 0 saturated carbocycles. The van der Waals surface area contributed by atoms with Crippen molar-refractivity contribution in [1.29, 1.82) is 0 Å². The van der Waals surface area contributed by atoms with Crippen LogP contribution in [0.15, 0.2) is 95.9 Å². The van der Waals surface area contributed by atoms with E-state index in [-0.39, 0.29) is 43.7 Å². The van der Waals surface area contributed by atoms with E-state index in [1.54, 1.807) is 0 Å². The van der Waals surface area contributed by atoms with E-state index in [0.29, 0.717) is 11.8 Å². The van der Waals surface area contributed by atoms with Crippen molar-refractivity contribution in [2.75, 3.05) is 4.31 Å². The molecule has 0 bridgehead atoms. The predicted molar refractivity (Wildman–Crippen MR) is 177 cm³/mol. The molecule has 0 amide bonds. The van der Waals surface area contributed by atoms with E-state index in [4.69, 9.17) is 23.2 Å². The molecule has 4 rings (SSSR count). The summed E-state index contributed by atoms with van der Waals surface area (Å²) in [6, 6.07) is 21.2. The Labute approximate surface area is 281 Å². The minimum atomic E-state index is -4.65. The van der Waals surface area contributed by atoms with Gasteiger partial charge in [-0.3, -0.25) is 9.10 Å². The Bertz CT molecular complexity index is 1870. The van der Waals surface area contributed by atoms with Gasteiger partial charge in [-0.25, -0.2) is 8.42 Å². The summed E-state index contributed by atoms with van der Waals surface area (Å²) in [5, 5.41) is 10.6. The van der Waals surface area contributed by atoms with Crippen molar-refractivity contribution in [2.45, 2.75) is 62.1 Å². The summed E-state index contributed by atoms with van der Waals surface area (Å²) >= 11 is 12.2. The molecule has 0 fully saturated rings. The monoisotopic (exact) mass is 705 g/mol. The first-order valence-corrected chi connectivity index (χ1v) is 16.6. The second kappa shape index (κ2) is 13.7. The van der Waals surface area contributed by atoms with E-state index in [0.717, 1.165) is 22.0 Å². The van der Waals surface area contributed by atoms with Crippen LogP contribution >= 0.6 is 23.2 Å². The average molecular weight is 707 g/mol. The zero-order valence-electron chi connectivity index (χ0n) is 25.7. The first-order valence-electron chi connectivity index (χ1n) is 14.4. The van der Waals surface area contributed by atoms with Crippen LogP contribution in [0.5, 0.6) is 0 Å². The van der Waals surface area contributed by atoms with Crippen molar-refractivity contribution in [1.82, 2.24) is 0 Å². The number of carbonyl (C=O) groups is 2. The van der Waals surface area contributed by atoms with Crippen LogP contribution in [0.25, 0.3) is 0 Å². The molecule has 4 aromatic rings. The minimum absolute atomic E-state index is 0.0345. The number of carbonyl (C=O) groups excluding carboxylic acids is 1. The largest absolute Gasteiger partial charge is 0.481 e. The van der Waals surface area contributed by atoms with Crippen LogP contribution in [0, 0.1) is 0 Å². The summed E-state index contributed by atoms with van der Waals surface area (Å²) in [6.45, 7) is 6.06. The average Bonchev–Trinajstić information content (AvgIpc) is 3.00. The van der Waals surface area contributed by atoms with Gasteiger partial charge in [0, 0.05) is 6.42 Å². The third kappa shape index (κ3) is 8.00. The van der Waals surface area contributed by atoms with Gasteiger partial charge in [-0.15, -0.1) is 0 Å². The molecular weight excluding hydrogens is 674 g/mol. The third-order valence-electron chi connectivity index (χ3n) is 7.93.